The van der Waals surface area contributed by atoms with Gasteiger partial charge in [0.2, 0.25) is 0 Å². The van der Waals surface area contributed by atoms with E-state index in [1.165, 1.54) is 18.2 Å². The Morgan fingerprint density at radius 1 is 1.17 bits per heavy atom. The van der Waals surface area contributed by atoms with Crippen molar-refractivity contribution in [3.05, 3.63) is 35.9 Å². The van der Waals surface area contributed by atoms with Gasteiger partial charge in [-0.1, -0.05) is 12.1 Å². The van der Waals surface area contributed by atoms with Gasteiger partial charge in [0.1, 0.15) is 18.0 Å². The van der Waals surface area contributed by atoms with E-state index in [4.69, 9.17) is 14.9 Å². The maximum atomic E-state index is 11.8. The monoisotopic (exact) mass is 338 g/mol. The third-order valence-corrected chi connectivity index (χ3v) is 3.83. The molecule has 1 aliphatic carbocycles. The quantitative estimate of drug-likeness (QED) is 0.370. The molecule has 0 radical (unpaired) electrons. The van der Waals surface area contributed by atoms with Gasteiger partial charge in [-0.3, -0.25) is 0 Å². The zero-order chi connectivity index (χ0) is 17.9. The molecule has 0 bridgehead atoms. The Bertz CT molecular complexity index is 638. The molecule has 0 saturated heterocycles. The highest BCUT2D eigenvalue weighted by Gasteiger charge is 2.50. The zero-order valence-corrected chi connectivity index (χ0v) is 12.6. The predicted molar refractivity (Wildman–Crippen MR) is 80.9 cm³/mol. The number of phenolic OH excluding ortho intramolecular Hbond substituents is 1. The van der Waals surface area contributed by atoms with E-state index in [0.717, 1.165) is 6.08 Å². The minimum atomic E-state index is -2.27. The van der Waals surface area contributed by atoms with Crippen molar-refractivity contribution in [2.75, 3.05) is 0 Å². The molecule has 1 aromatic rings. The van der Waals surface area contributed by atoms with Crippen molar-refractivity contribution in [1.82, 2.24) is 0 Å². The summed E-state index contributed by atoms with van der Waals surface area (Å²) < 4.78 is 4.96. The van der Waals surface area contributed by atoms with Crippen LogP contribution in [-0.2, 0) is 14.3 Å². The molecular formula is C16H18O8. The van der Waals surface area contributed by atoms with E-state index in [9.17, 15) is 24.9 Å². The van der Waals surface area contributed by atoms with Gasteiger partial charge in [-0.2, -0.15) is 0 Å². The molecule has 1 fully saturated rings. The molecule has 1 saturated carbocycles. The number of carbonyl (C=O) groups excluding carboxylic acids is 1. The van der Waals surface area contributed by atoms with Gasteiger partial charge in [0, 0.05) is 18.9 Å². The van der Waals surface area contributed by atoms with Gasteiger partial charge in [-0.15, -0.1) is 0 Å². The summed E-state index contributed by atoms with van der Waals surface area (Å²) in [6, 6.07) is 5.97. The van der Waals surface area contributed by atoms with Crippen molar-refractivity contribution in [1.29, 1.82) is 0 Å². The molecule has 130 valence electrons. The average molecular weight is 338 g/mol. The summed E-state index contributed by atoms with van der Waals surface area (Å²) in [5, 5.41) is 47.6. The second-order valence-corrected chi connectivity index (χ2v) is 5.70. The van der Waals surface area contributed by atoms with Crippen LogP contribution in [0.3, 0.4) is 0 Å². The molecule has 2 rings (SSSR count). The molecule has 0 unspecified atom stereocenters. The Balaban J connectivity index is 2.03. The molecule has 0 spiro atoms. The largest absolute Gasteiger partial charge is 0.508 e. The van der Waals surface area contributed by atoms with Crippen LogP contribution in [0.1, 0.15) is 18.4 Å². The first-order valence-electron chi connectivity index (χ1n) is 7.21. The van der Waals surface area contributed by atoms with Crippen molar-refractivity contribution < 1.29 is 39.9 Å². The SMILES string of the molecule is O=C(C=Cc1ccc(O)cc1)O[C@@H]1C[C@@](O)(C(=O)O)C[C@H](O)[C@@H]1O. The summed E-state index contributed by atoms with van der Waals surface area (Å²) in [7, 11) is 0. The number of carboxylic acid groups (broad SMARTS) is 1. The fourth-order valence-electron chi connectivity index (χ4n) is 2.48. The summed E-state index contributed by atoms with van der Waals surface area (Å²) in [6.45, 7) is 0. The lowest BCUT2D eigenvalue weighted by atomic mass is 9.79. The number of hydrogen-bond acceptors (Lipinski definition) is 7. The number of hydrogen-bond donors (Lipinski definition) is 5. The normalized spacial score (nSPS) is 30.2. The number of aromatic hydroxyl groups is 1. The van der Waals surface area contributed by atoms with Crippen LogP contribution in [0.25, 0.3) is 6.08 Å². The maximum Gasteiger partial charge on any atom is 0.335 e. The predicted octanol–water partition coefficient (Wildman–Crippen LogP) is -0.352. The number of carbonyl (C=O) groups is 2. The van der Waals surface area contributed by atoms with E-state index in [1.54, 1.807) is 12.1 Å². The van der Waals surface area contributed by atoms with Crippen LogP contribution in [0.2, 0.25) is 0 Å². The van der Waals surface area contributed by atoms with Crippen LogP contribution < -0.4 is 0 Å². The number of rotatable bonds is 4. The number of aliphatic hydroxyl groups excluding tert-OH is 2. The number of carboxylic acids is 1. The highest BCUT2D eigenvalue weighted by Crippen LogP contribution is 2.31. The Morgan fingerprint density at radius 2 is 1.79 bits per heavy atom. The minimum absolute atomic E-state index is 0.0713. The van der Waals surface area contributed by atoms with Crippen LogP contribution in [-0.4, -0.2) is 61.4 Å². The number of aliphatic carboxylic acids is 1. The fourth-order valence-corrected chi connectivity index (χ4v) is 2.48. The Morgan fingerprint density at radius 3 is 2.38 bits per heavy atom. The number of phenols is 1. The lowest BCUT2D eigenvalue weighted by molar-refractivity contribution is -0.196. The smallest absolute Gasteiger partial charge is 0.335 e. The van der Waals surface area contributed by atoms with E-state index in [0.29, 0.717) is 5.56 Å². The molecule has 8 heteroatoms. The molecule has 4 atom stereocenters. The van der Waals surface area contributed by atoms with Crippen molar-refractivity contribution >= 4 is 18.0 Å². The zero-order valence-electron chi connectivity index (χ0n) is 12.6. The average Bonchev–Trinajstić information content (AvgIpc) is 2.51. The van der Waals surface area contributed by atoms with E-state index in [1.807, 2.05) is 0 Å². The molecule has 1 aliphatic rings. The highest BCUT2D eigenvalue weighted by atomic mass is 16.6. The van der Waals surface area contributed by atoms with Crippen molar-refractivity contribution in [2.24, 2.45) is 0 Å². The molecule has 5 N–H and O–H groups in total. The summed E-state index contributed by atoms with van der Waals surface area (Å²) in [6.07, 6.45) is -3.00. The van der Waals surface area contributed by atoms with E-state index >= 15 is 0 Å². The Hall–Kier alpha value is -2.42. The third kappa shape index (κ3) is 4.10. The fraction of sp³-hybridized carbons (Fsp3) is 0.375. The number of esters is 1. The van der Waals surface area contributed by atoms with Crippen molar-refractivity contribution in [3.8, 4) is 5.75 Å². The van der Waals surface area contributed by atoms with Gasteiger partial charge >= 0.3 is 11.9 Å². The number of aliphatic hydroxyl groups is 3. The summed E-state index contributed by atoms with van der Waals surface area (Å²) >= 11 is 0. The maximum absolute atomic E-state index is 11.8. The van der Waals surface area contributed by atoms with Crippen LogP contribution in [0, 0.1) is 0 Å². The van der Waals surface area contributed by atoms with E-state index in [-0.39, 0.29) is 5.75 Å². The Kier molecular flexibility index (Phi) is 5.23. The van der Waals surface area contributed by atoms with Crippen LogP contribution in [0.4, 0.5) is 0 Å². The van der Waals surface area contributed by atoms with Crippen molar-refractivity contribution in [2.45, 2.75) is 36.8 Å². The Labute approximate surface area is 137 Å². The minimum Gasteiger partial charge on any atom is -0.508 e. The van der Waals surface area contributed by atoms with Gasteiger partial charge in [0.25, 0.3) is 0 Å². The summed E-state index contributed by atoms with van der Waals surface area (Å²) in [4.78, 5) is 22.9. The molecule has 0 aliphatic heterocycles. The molecule has 0 amide bonds. The summed E-state index contributed by atoms with van der Waals surface area (Å²) in [5.74, 6) is -2.36. The van der Waals surface area contributed by atoms with Gasteiger partial charge in [0.15, 0.2) is 5.60 Å². The van der Waals surface area contributed by atoms with Crippen LogP contribution in [0.15, 0.2) is 30.3 Å². The van der Waals surface area contributed by atoms with E-state index in [2.05, 4.69) is 0 Å². The molecule has 1 aromatic carbocycles. The van der Waals surface area contributed by atoms with Gasteiger partial charge < -0.3 is 30.3 Å². The first-order valence-corrected chi connectivity index (χ1v) is 7.21. The van der Waals surface area contributed by atoms with Gasteiger partial charge in [0.05, 0.1) is 6.10 Å². The molecular weight excluding hydrogens is 320 g/mol. The van der Waals surface area contributed by atoms with E-state index < -0.39 is 48.7 Å². The first-order chi connectivity index (χ1) is 11.2. The van der Waals surface area contributed by atoms with Gasteiger partial charge in [-0.05, 0) is 23.8 Å². The van der Waals surface area contributed by atoms with Gasteiger partial charge in [-0.25, -0.2) is 9.59 Å². The molecule has 24 heavy (non-hydrogen) atoms. The second-order valence-electron chi connectivity index (χ2n) is 5.70. The second kappa shape index (κ2) is 7.00. The van der Waals surface area contributed by atoms with Crippen LogP contribution in [0.5, 0.6) is 5.75 Å². The highest BCUT2D eigenvalue weighted by molar-refractivity contribution is 5.87. The number of ether oxygens (including phenoxy) is 1. The topological polar surface area (TPSA) is 145 Å². The lowest BCUT2D eigenvalue weighted by Gasteiger charge is -2.39. The van der Waals surface area contributed by atoms with Crippen LogP contribution >= 0.6 is 0 Å². The molecule has 8 nitrogen and oxygen atoms in total. The lowest BCUT2D eigenvalue weighted by Crippen LogP contribution is -2.57. The van der Waals surface area contributed by atoms with Crippen molar-refractivity contribution in [3.63, 3.8) is 0 Å². The molecule has 0 heterocycles. The number of benzene rings is 1. The molecule has 0 aromatic heterocycles. The first kappa shape index (κ1) is 17.9. The summed E-state index contributed by atoms with van der Waals surface area (Å²) in [5.41, 5.74) is -1.67. The third-order valence-electron chi connectivity index (χ3n) is 3.83. The standard InChI is InChI=1S/C16H18O8/c17-10-4-1-9(2-5-10)3-6-13(19)24-12-8-16(23,15(21)22)7-11(18)14(12)20/h1-6,11-12,14,17-18,20,23H,7-8H2,(H,21,22)/t11-,12+,14-,16+/m0/s1.